The standard InChI is InChI=1S/C12H16N2O3S2/c1-9(7-10-3-2-6-17-10)14-19(15,16)12-5-4-11(8-13)18-12/h2-6,9,14H,7-8,13H2,1H3. The summed E-state index contributed by atoms with van der Waals surface area (Å²) in [5, 5.41) is 0. The minimum absolute atomic E-state index is 0.237. The Balaban J connectivity index is 2.04. The van der Waals surface area contributed by atoms with Crippen LogP contribution in [0.25, 0.3) is 0 Å². The van der Waals surface area contributed by atoms with Crippen LogP contribution in [0.3, 0.4) is 0 Å². The minimum atomic E-state index is -3.48. The van der Waals surface area contributed by atoms with Crippen LogP contribution in [0.1, 0.15) is 17.6 Å². The summed E-state index contributed by atoms with van der Waals surface area (Å²) in [6.07, 6.45) is 2.09. The second kappa shape index (κ2) is 5.87. The van der Waals surface area contributed by atoms with Crippen LogP contribution in [-0.4, -0.2) is 14.5 Å². The van der Waals surface area contributed by atoms with Gasteiger partial charge < -0.3 is 10.2 Å². The third-order valence-electron chi connectivity index (χ3n) is 2.55. The van der Waals surface area contributed by atoms with Crippen LogP contribution in [0, 0.1) is 0 Å². The lowest BCUT2D eigenvalue weighted by Crippen LogP contribution is -2.33. The number of nitrogens with two attached hydrogens (primary N) is 1. The van der Waals surface area contributed by atoms with Gasteiger partial charge in [-0.1, -0.05) is 0 Å². The Morgan fingerprint density at radius 1 is 1.42 bits per heavy atom. The average molecular weight is 300 g/mol. The molecule has 104 valence electrons. The van der Waals surface area contributed by atoms with Crippen molar-refractivity contribution in [3.05, 3.63) is 41.2 Å². The molecule has 5 nitrogen and oxygen atoms in total. The van der Waals surface area contributed by atoms with E-state index in [0.717, 1.165) is 10.6 Å². The molecule has 0 bridgehead atoms. The van der Waals surface area contributed by atoms with E-state index in [1.54, 1.807) is 31.4 Å². The van der Waals surface area contributed by atoms with Gasteiger partial charge in [0.25, 0.3) is 0 Å². The fourth-order valence-corrected chi connectivity index (χ4v) is 4.20. The van der Waals surface area contributed by atoms with Crippen LogP contribution >= 0.6 is 11.3 Å². The largest absolute Gasteiger partial charge is 0.469 e. The predicted molar refractivity (Wildman–Crippen MR) is 74.4 cm³/mol. The molecule has 0 aliphatic heterocycles. The maximum Gasteiger partial charge on any atom is 0.250 e. The Morgan fingerprint density at radius 2 is 2.21 bits per heavy atom. The van der Waals surface area contributed by atoms with Crippen LogP contribution in [0.2, 0.25) is 0 Å². The molecule has 19 heavy (non-hydrogen) atoms. The van der Waals surface area contributed by atoms with Crippen molar-refractivity contribution in [3.8, 4) is 0 Å². The predicted octanol–water partition coefficient (Wildman–Crippen LogP) is 1.71. The van der Waals surface area contributed by atoms with Gasteiger partial charge in [-0.3, -0.25) is 0 Å². The smallest absolute Gasteiger partial charge is 0.250 e. The van der Waals surface area contributed by atoms with E-state index in [1.165, 1.54) is 11.3 Å². The van der Waals surface area contributed by atoms with E-state index < -0.39 is 10.0 Å². The van der Waals surface area contributed by atoms with Gasteiger partial charge in [-0.25, -0.2) is 13.1 Å². The number of nitrogens with one attached hydrogen (secondary N) is 1. The van der Waals surface area contributed by atoms with Gasteiger partial charge in [-0.15, -0.1) is 11.3 Å². The monoisotopic (exact) mass is 300 g/mol. The molecule has 7 heteroatoms. The van der Waals surface area contributed by atoms with E-state index in [0.29, 0.717) is 17.2 Å². The van der Waals surface area contributed by atoms with Crippen LogP contribution in [0.4, 0.5) is 0 Å². The van der Waals surface area contributed by atoms with Crippen molar-refractivity contribution in [2.45, 2.75) is 30.1 Å². The third-order valence-corrected chi connectivity index (χ3v) is 5.74. The Bertz CT molecular complexity index is 617. The lowest BCUT2D eigenvalue weighted by Gasteiger charge is -2.11. The highest BCUT2D eigenvalue weighted by Gasteiger charge is 2.20. The van der Waals surface area contributed by atoms with Crippen LogP contribution in [0.15, 0.2) is 39.2 Å². The highest BCUT2D eigenvalue weighted by Crippen LogP contribution is 2.21. The first-order valence-corrected chi connectivity index (χ1v) is 8.14. The molecule has 0 saturated heterocycles. The average Bonchev–Trinajstić information content (AvgIpc) is 2.97. The van der Waals surface area contributed by atoms with Gasteiger partial charge in [-0.2, -0.15) is 0 Å². The quantitative estimate of drug-likeness (QED) is 0.850. The normalized spacial score (nSPS) is 13.6. The second-order valence-corrected chi connectivity index (χ2v) is 7.34. The third kappa shape index (κ3) is 3.66. The number of sulfonamides is 1. The zero-order chi connectivity index (χ0) is 13.9. The number of thiophene rings is 1. The summed E-state index contributed by atoms with van der Waals surface area (Å²) < 4.78 is 32.4. The molecule has 0 aliphatic rings. The van der Waals surface area contributed by atoms with E-state index in [-0.39, 0.29) is 6.04 Å². The first-order valence-electron chi connectivity index (χ1n) is 5.85. The number of rotatable bonds is 6. The molecular formula is C12H16N2O3S2. The topological polar surface area (TPSA) is 85.3 Å². The summed E-state index contributed by atoms with van der Waals surface area (Å²) in [7, 11) is -3.48. The fraction of sp³-hybridized carbons (Fsp3) is 0.333. The minimum Gasteiger partial charge on any atom is -0.469 e. The Morgan fingerprint density at radius 3 is 2.79 bits per heavy atom. The molecule has 0 radical (unpaired) electrons. The van der Waals surface area contributed by atoms with Gasteiger partial charge in [0.05, 0.1) is 6.26 Å². The fourth-order valence-electron chi connectivity index (χ4n) is 1.71. The molecule has 1 atom stereocenters. The van der Waals surface area contributed by atoms with Crippen molar-refractivity contribution in [1.82, 2.24) is 4.72 Å². The molecule has 0 aromatic carbocycles. The summed E-state index contributed by atoms with van der Waals surface area (Å²) in [6, 6.07) is 6.68. The summed E-state index contributed by atoms with van der Waals surface area (Å²) in [4.78, 5) is 0.846. The first-order chi connectivity index (χ1) is 9.01. The molecular weight excluding hydrogens is 284 g/mol. The van der Waals surface area contributed by atoms with Crippen LogP contribution in [-0.2, 0) is 23.0 Å². The zero-order valence-corrected chi connectivity index (χ0v) is 12.1. The van der Waals surface area contributed by atoms with E-state index in [4.69, 9.17) is 10.2 Å². The van der Waals surface area contributed by atoms with Gasteiger partial charge in [0.15, 0.2) is 0 Å². The lowest BCUT2D eigenvalue weighted by atomic mass is 10.2. The number of hydrogen-bond donors (Lipinski definition) is 2. The highest BCUT2D eigenvalue weighted by atomic mass is 32.2. The van der Waals surface area contributed by atoms with Crippen molar-refractivity contribution < 1.29 is 12.8 Å². The molecule has 0 fully saturated rings. The lowest BCUT2D eigenvalue weighted by molar-refractivity contribution is 0.479. The molecule has 2 rings (SSSR count). The molecule has 0 saturated carbocycles. The summed E-state index contributed by atoms with van der Waals surface area (Å²) in [5.74, 6) is 0.754. The molecule has 2 aromatic heterocycles. The van der Waals surface area contributed by atoms with Gasteiger partial charge in [-0.05, 0) is 31.2 Å². The molecule has 0 aliphatic carbocycles. The van der Waals surface area contributed by atoms with Crippen molar-refractivity contribution >= 4 is 21.4 Å². The van der Waals surface area contributed by atoms with Crippen molar-refractivity contribution in [2.24, 2.45) is 5.73 Å². The maximum atomic E-state index is 12.1. The summed E-state index contributed by atoms with van der Waals surface area (Å²) >= 11 is 1.19. The molecule has 0 amide bonds. The Labute approximate surface area is 116 Å². The summed E-state index contributed by atoms with van der Waals surface area (Å²) in [6.45, 7) is 2.15. The first kappa shape index (κ1) is 14.3. The van der Waals surface area contributed by atoms with Gasteiger partial charge >= 0.3 is 0 Å². The maximum absolute atomic E-state index is 12.1. The summed E-state index contributed by atoms with van der Waals surface area (Å²) in [5.41, 5.74) is 5.48. The number of hydrogen-bond acceptors (Lipinski definition) is 5. The van der Waals surface area contributed by atoms with Crippen molar-refractivity contribution in [3.63, 3.8) is 0 Å². The van der Waals surface area contributed by atoms with Gasteiger partial charge in [0, 0.05) is 23.9 Å². The SMILES string of the molecule is CC(Cc1ccco1)NS(=O)(=O)c1ccc(CN)s1. The highest BCUT2D eigenvalue weighted by molar-refractivity contribution is 7.91. The molecule has 3 N–H and O–H groups in total. The van der Waals surface area contributed by atoms with Crippen molar-refractivity contribution in [2.75, 3.05) is 0 Å². The second-order valence-electron chi connectivity index (χ2n) is 4.23. The van der Waals surface area contributed by atoms with Gasteiger partial charge in [0.2, 0.25) is 10.0 Å². The van der Waals surface area contributed by atoms with E-state index in [2.05, 4.69) is 4.72 Å². The van der Waals surface area contributed by atoms with Gasteiger partial charge in [0.1, 0.15) is 9.97 Å². The molecule has 2 heterocycles. The molecule has 2 aromatic rings. The Kier molecular flexibility index (Phi) is 4.41. The van der Waals surface area contributed by atoms with Crippen LogP contribution < -0.4 is 10.5 Å². The molecule has 0 spiro atoms. The Hall–Kier alpha value is -1.15. The molecule has 1 unspecified atom stereocenters. The van der Waals surface area contributed by atoms with E-state index >= 15 is 0 Å². The number of furan rings is 1. The van der Waals surface area contributed by atoms with Crippen LogP contribution in [0.5, 0.6) is 0 Å². The van der Waals surface area contributed by atoms with E-state index in [1.807, 2.05) is 6.07 Å². The van der Waals surface area contributed by atoms with E-state index in [9.17, 15) is 8.42 Å². The zero-order valence-electron chi connectivity index (χ0n) is 10.5. The van der Waals surface area contributed by atoms with Crippen molar-refractivity contribution in [1.29, 1.82) is 0 Å².